The van der Waals surface area contributed by atoms with Crippen molar-refractivity contribution in [1.82, 2.24) is 10.2 Å². The van der Waals surface area contributed by atoms with Gasteiger partial charge in [-0.2, -0.15) is 0 Å². The molecule has 1 atom stereocenters. The van der Waals surface area contributed by atoms with Crippen LogP contribution in [-0.4, -0.2) is 88.1 Å². The van der Waals surface area contributed by atoms with E-state index < -0.39 is 11.9 Å². The fraction of sp³-hybridized carbons (Fsp3) is 0.542. The summed E-state index contributed by atoms with van der Waals surface area (Å²) in [5, 5.41) is 5.62. The maximum absolute atomic E-state index is 12.8. The van der Waals surface area contributed by atoms with Gasteiger partial charge in [0.25, 0.3) is 5.91 Å². The number of hydrogen-bond acceptors (Lipinski definition) is 8. The zero-order valence-electron chi connectivity index (χ0n) is 19.2. The molecule has 3 rings (SSSR count). The van der Waals surface area contributed by atoms with Crippen LogP contribution in [0.25, 0.3) is 0 Å². The van der Waals surface area contributed by atoms with Gasteiger partial charge >= 0.3 is 0 Å². The summed E-state index contributed by atoms with van der Waals surface area (Å²) in [5.74, 6) is 1.49. The summed E-state index contributed by atoms with van der Waals surface area (Å²) in [6, 6.07) is 4.85. The number of imide groups is 1. The number of anilines is 1. The highest BCUT2D eigenvalue weighted by atomic mass is 16.6. The van der Waals surface area contributed by atoms with Crippen LogP contribution in [0.1, 0.15) is 28.8 Å². The summed E-state index contributed by atoms with van der Waals surface area (Å²) in [5.41, 5.74) is 2.27. The van der Waals surface area contributed by atoms with Gasteiger partial charge in [0.2, 0.25) is 11.8 Å². The lowest BCUT2D eigenvalue weighted by Crippen LogP contribution is -2.52. The highest BCUT2D eigenvalue weighted by Crippen LogP contribution is 2.32. The SMILES string of the molecule is C#CCOCCOCCOCCOCCNc1cccc2c1CN(C1CCC(=O)NC1=O)C2=O. The average Bonchev–Trinajstić information content (AvgIpc) is 3.16. The molecule has 184 valence electrons. The molecular weight excluding hydrogens is 442 g/mol. The molecule has 10 nitrogen and oxygen atoms in total. The summed E-state index contributed by atoms with van der Waals surface area (Å²) >= 11 is 0. The second-order valence-corrected chi connectivity index (χ2v) is 7.75. The summed E-state index contributed by atoms with van der Waals surface area (Å²) in [4.78, 5) is 38.0. The maximum atomic E-state index is 12.8. The van der Waals surface area contributed by atoms with Crippen molar-refractivity contribution < 1.29 is 33.3 Å². The van der Waals surface area contributed by atoms with E-state index in [1.54, 1.807) is 11.0 Å². The highest BCUT2D eigenvalue weighted by molar-refractivity contribution is 6.06. The molecule has 1 aromatic carbocycles. The van der Waals surface area contributed by atoms with E-state index in [9.17, 15) is 14.4 Å². The van der Waals surface area contributed by atoms with Crippen LogP contribution >= 0.6 is 0 Å². The monoisotopic (exact) mass is 473 g/mol. The smallest absolute Gasteiger partial charge is 0.255 e. The number of ether oxygens (including phenoxy) is 4. The van der Waals surface area contributed by atoms with Crippen LogP contribution in [0, 0.1) is 12.3 Å². The number of nitrogens with one attached hydrogen (secondary N) is 2. The predicted molar refractivity (Wildman–Crippen MR) is 123 cm³/mol. The van der Waals surface area contributed by atoms with Crippen LogP contribution in [0.4, 0.5) is 5.69 Å². The van der Waals surface area contributed by atoms with Gasteiger partial charge in [0.1, 0.15) is 12.6 Å². The number of nitrogens with zero attached hydrogens (tertiary/aromatic N) is 1. The Hall–Kier alpha value is -2.97. The number of benzene rings is 1. The van der Waals surface area contributed by atoms with E-state index in [2.05, 4.69) is 16.6 Å². The Bertz CT molecular complexity index is 899. The molecule has 1 unspecified atom stereocenters. The molecule has 0 aromatic heterocycles. The van der Waals surface area contributed by atoms with Crippen LogP contribution in [-0.2, 0) is 35.1 Å². The zero-order valence-corrected chi connectivity index (χ0v) is 19.2. The van der Waals surface area contributed by atoms with Gasteiger partial charge in [-0.25, -0.2) is 0 Å². The van der Waals surface area contributed by atoms with E-state index in [1.807, 2.05) is 12.1 Å². The minimum absolute atomic E-state index is 0.189. The van der Waals surface area contributed by atoms with Gasteiger partial charge in [-0.1, -0.05) is 12.0 Å². The molecule has 0 spiro atoms. The number of carbonyl (C=O) groups excluding carboxylic acids is 3. The second-order valence-electron chi connectivity index (χ2n) is 7.75. The van der Waals surface area contributed by atoms with Crippen LogP contribution in [0.2, 0.25) is 0 Å². The first-order valence-electron chi connectivity index (χ1n) is 11.4. The minimum Gasteiger partial charge on any atom is -0.382 e. The summed E-state index contributed by atoms with van der Waals surface area (Å²) in [6.45, 7) is 4.48. The standard InChI is InChI=1S/C24H31N3O7/c1-2-9-31-11-13-33-15-16-34-14-12-32-10-8-25-20-5-3-4-18-19(20)17-27(24(18)30)21-6-7-22(28)26-23(21)29/h1,3-5,21,25H,6-17H2,(H,26,28,29). The van der Waals surface area contributed by atoms with Crippen molar-refractivity contribution in [3.63, 3.8) is 0 Å². The lowest BCUT2D eigenvalue weighted by Gasteiger charge is -2.29. The molecular formula is C24H31N3O7. The topological polar surface area (TPSA) is 115 Å². The van der Waals surface area contributed by atoms with E-state index in [0.29, 0.717) is 71.3 Å². The Balaban J connectivity index is 1.31. The summed E-state index contributed by atoms with van der Waals surface area (Å²) in [7, 11) is 0. The van der Waals surface area contributed by atoms with Gasteiger partial charge in [0, 0.05) is 36.3 Å². The first-order valence-corrected chi connectivity index (χ1v) is 11.4. The van der Waals surface area contributed by atoms with E-state index in [1.165, 1.54) is 0 Å². The first kappa shape index (κ1) is 25.6. The number of piperidine rings is 1. The second kappa shape index (κ2) is 13.7. The van der Waals surface area contributed by atoms with Crippen molar-refractivity contribution in [2.45, 2.75) is 25.4 Å². The van der Waals surface area contributed by atoms with Gasteiger partial charge in [0.05, 0.1) is 46.2 Å². The van der Waals surface area contributed by atoms with Crippen molar-refractivity contribution >= 4 is 23.4 Å². The van der Waals surface area contributed by atoms with Crippen molar-refractivity contribution in [3.05, 3.63) is 29.3 Å². The molecule has 3 amide bonds. The van der Waals surface area contributed by atoms with Gasteiger partial charge in [0.15, 0.2) is 0 Å². The number of hydrogen-bond donors (Lipinski definition) is 2. The molecule has 1 aromatic rings. The van der Waals surface area contributed by atoms with Gasteiger partial charge < -0.3 is 29.2 Å². The molecule has 2 heterocycles. The molecule has 10 heteroatoms. The molecule has 1 saturated heterocycles. The molecule has 2 aliphatic rings. The zero-order chi connectivity index (χ0) is 24.2. The number of rotatable bonds is 15. The van der Waals surface area contributed by atoms with Crippen LogP contribution in [0.3, 0.4) is 0 Å². The largest absolute Gasteiger partial charge is 0.382 e. The first-order chi connectivity index (χ1) is 16.6. The Labute approximate surface area is 199 Å². The summed E-state index contributed by atoms with van der Waals surface area (Å²) in [6.07, 6.45) is 5.65. The van der Waals surface area contributed by atoms with Gasteiger partial charge in [-0.3, -0.25) is 19.7 Å². The normalized spacial score (nSPS) is 17.4. The Morgan fingerprint density at radius 2 is 1.68 bits per heavy atom. The Kier molecular flexibility index (Phi) is 10.3. The predicted octanol–water partition coefficient (Wildman–Crippen LogP) is 0.559. The molecule has 1 fully saturated rings. The van der Waals surface area contributed by atoms with Crippen LogP contribution < -0.4 is 10.6 Å². The maximum Gasteiger partial charge on any atom is 0.255 e. The third kappa shape index (κ3) is 7.27. The number of carbonyl (C=O) groups is 3. The van der Waals surface area contributed by atoms with Crippen molar-refractivity contribution in [3.8, 4) is 12.3 Å². The third-order valence-electron chi connectivity index (χ3n) is 5.45. The molecule has 0 saturated carbocycles. The number of amides is 3. The lowest BCUT2D eigenvalue weighted by atomic mass is 10.0. The summed E-state index contributed by atoms with van der Waals surface area (Å²) < 4.78 is 21.5. The van der Waals surface area contributed by atoms with Crippen molar-refractivity contribution in [2.75, 3.05) is 64.7 Å². The molecule has 0 radical (unpaired) electrons. The molecule has 2 aliphatic heterocycles. The van der Waals surface area contributed by atoms with E-state index >= 15 is 0 Å². The molecule has 0 bridgehead atoms. The fourth-order valence-electron chi connectivity index (χ4n) is 3.80. The molecule has 0 aliphatic carbocycles. The van der Waals surface area contributed by atoms with E-state index in [-0.39, 0.29) is 24.8 Å². The van der Waals surface area contributed by atoms with Gasteiger partial charge in [-0.15, -0.1) is 6.42 Å². The van der Waals surface area contributed by atoms with E-state index in [0.717, 1.165) is 11.3 Å². The minimum atomic E-state index is -0.624. The molecule has 34 heavy (non-hydrogen) atoms. The van der Waals surface area contributed by atoms with Crippen molar-refractivity contribution in [2.24, 2.45) is 0 Å². The quantitative estimate of drug-likeness (QED) is 0.216. The number of fused-ring (bicyclic) bond motifs is 1. The Morgan fingerprint density at radius 1 is 1.00 bits per heavy atom. The highest BCUT2D eigenvalue weighted by Gasteiger charge is 2.39. The average molecular weight is 474 g/mol. The third-order valence-corrected chi connectivity index (χ3v) is 5.45. The van der Waals surface area contributed by atoms with Crippen molar-refractivity contribution in [1.29, 1.82) is 0 Å². The lowest BCUT2D eigenvalue weighted by molar-refractivity contribution is -0.136. The number of terminal acetylenes is 1. The van der Waals surface area contributed by atoms with Gasteiger partial charge in [-0.05, 0) is 18.6 Å². The van der Waals surface area contributed by atoms with Crippen LogP contribution in [0.5, 0.6) is 0 Å². The van der Waals surface area contributed by atoms with Crippen LogP contribution in [0.15, 0.2) is 18.2 Å². The fourth-order valence-corrected chi connectivity index (χ4v) is 3.80. The Morgan fingerprint density at radius 3 is 2.35 bits per heavy atom. The molecule has 2 N–H and O–H groups in total. The van der Waals surface area contributed by atoms with E-state index in [4.69, 9.17) is 25.4 Å².